The summed E-state index contributed by atoms with van der Waals surface area (Å²) < 4.78 is 5.49. The first-order valence-corrected chi connectivity index (χ1v) is 7.82. The molecule has 0 fully saturated rings. The third kappa shape index (κ3) is 5.42. The molecule has 0 aliphatic heterocycles. The van der Waals surface area contributed by atoms with Crippen molar-refractivity contribution in [2.45, 2.75) is 20.3 Å². The number of hydrogen-bond donors (Lipinski definition) is 1. The number of pyridine rings is 1. The fraction of sp³-hybridized carbons (Fsp3) is 0.222. The Balaban J connectivity index is 1.96. The molecule has 2 rings (SSSR count). The normalized spacial score (nSPS) is 10.6. The molecule has 1 heterocycles. The SMILES string of the molecule is CCCOc1ccc(/C=C/C(=O)Nc2cc(C)c([N+](=O)[O-])cn2)cc1. The molecule has 2 aromatic rings. The van der Waals surface area contributed by atoms with Gasteiger partial charge in [0, 0.05) is 11.6 Å². The van der Waals surface area contributed by atoms with Crippen LogP contribution in [0.15, 0.2) is 42.6 Å². The Hall–Kier alpha value is -3.22. The minimum absolute atomic E-state index is 0.0843. The second-order valence-electron chi connectivity index (χ2n) is 5.35. The van der Waals surface area contributed by atoms with E-state index >= 15 is 0 Å². The van der Waals surface area contributed by atoms with Crippen LogP contribution in [-0.4, -0.2) is 22.4 Å². The fourth-order valence-corrected chi connectivity index (χ4v) is 2.04. The quantitative estimate of drug-likeness (QED) is 0.470. The maximum atomic E-state index is 11.9. The molecule has 1 N–H and O–H groups in total. The van der Waals surface area contributed by atoms with Crippen molar-refractivity contribution in [2.24, 2.45) is 0 Å². The molecule has 7 nitrogen and oxygen atoms in total. The van der Waals surface area contributed by atoms with Gasteiger partial charge in [0.25, 0.3) is 5.69 Å². The third-order valence-electron chi connectivity index (χ3n) is 3.31. The van der Waals surface area contributed by atoms with Gasteiger partial charge >= 0.3 is 0 Å². The molecular formula is C18H19N3O4. The lowest BCUT2D eigenvalue weighted by Crippen LogP contribution is -2.09. The summed E-state index contributed by atoms with van der Waals surface area (Å²) in [5.74, 6) is 0.683. The molecule has 1 aromatic heterocycles. The molecule has 0 radical (unpaired) electrons. The van der Waals surface area contributed by atoms with Crippen molar-refractivity contribution in [2.75, 3.05) is 11.9 Å². The smallest absolute Gasteiger partial charge is 0.290 e. The first-order chi connectivity index (χ1) is 12.0. The predicted octanol–water partition coefficient (Wildman–Crippen LogP) is 3.74. The second kappa shape index (κ2) is 8.58. The van der Waals surface area contributed by atoms with E-state index in [9.17, 15) is 14.9 Å². The minimum atomic E-state index is -0.512. The van der Waals surface area contributed by atoms with Crippen LogP contribution in [0.5, 0.6) is 5.75 Å². The lowest BCUT2D eigenvalue weighted by atomic mass is 10.2. The average molecular weight is 341 g/mol. The van der Waals surface area contributed by atoms with Gasteiger partial charge in [-0.15, -0.1) is 0 Å². The molecule has 0 saturated carbocycles. The third-order valence-corrected chi connectivity index (χ3v) is 3.31. The van der Waals surface area contributed by atoms with E-state index in [1.807, 2.05) is 31.2 Å². The van der Waals surface area contributed by atoms with Gasteiger partial charge in [0.1, 0.15) is 17.8 Å². The Morgan fingerprint density at radius 1 is 1.36 bits per heavy atom. The summed E-state index contributed by atoms with van der Waals surface area (Å²) in [6.07, 6.45) is 5.11. The Morgan fingerprint density at radius 2 is 2.08 bits per heavy atom. The van der Waals surface area contributed by atoms with Crippen LogP contribution in [0.25, 0.3) is 6.08 Å². The molecular weight excluding hydrogens is 322 g/mol. The predicted molar refractivity (Wildman–Crippen MR) is 95.5 cm³/mol. The first-order valence-electron chi connectivity index (χ1n) is 7.82. The van der Waals surface area contributed by atoms with Gasteiger partial charge in [0.15, 0.2) is 0 Å². The van der Waals surface area contributed by atoms with Gasteiger partial charge in [-0.25, -0.2) is 4.98 Å². The van der Waals surface area contributed by atoms with Gasteiger partial charge in [-0.2, -0.15) is 0 Å². The van der Waals surface area contributed by atoms with Gasteiger partial charge < -0.3 is 10.1 Å². The number of rotatable bonds is 7. The molecule has 0 unspecified atom stereocenters. The van der Waals surface area contributed by atoms with Crippen LogP contribution in [0.2, 0.25) is 0 Å². The van der Waals surface area contributed by atoms with E-state index < -0.39 is 4.92 Å². The summed E-state index contributed by atoms with van der Waals surface area (Å²) in [6, 6.07) is 8.85. The van der Waals surface area contributed by atoms with Crippen LogP contribution in [0.4, 0.5) is 11.5 Å². The average Bonchev–Trinajstić information content (AvgIpc) is 2.59. The lowest BCUT2D eigenvalue weighted by molar-refractivity contribution is -0.385. The van der Waals surface area contributed by atoms with Gasteiger partial charge in [-0.3, -0.25) is 14.9 Å². The van der Waals surface area contributed by atoms with Crippen molar-refractivity contribution in [3.05, 3.63) is 63.8 Å². The van der Waals surface area contributed by atoms with Crippen molar-refractivity contribution < 1.29 is 14.5 Å². The van der Waals surface area contributed by atoms with E-state index in [0.717, 1.165) is 23.9 Å². The Kier molecular flexibility index (Phi) is 6.22. The number of benzene rings is 1. The van der Waals surface area contributed by atoms with E-state index in [1.165, 1.54) is 12.1 Å². The monoisotopic (exact) mass is 341 g/mol. The van der Waals surface area contributed by atoms with E-state index in [2.05, 4.69) is 10.3 Å². The Bertz CT molecular complexity index is 785. The highest BCUT2D eigenvalue weighted by molar-refractivity contribution is 6.01. The number of aryl methyl sites for hydroxylation is 1. The number of carbonyl (C=O) groups excluding carboxylic acids is 1. The Morgan fingerprint density at radius 3 is 2.68 bits per heavy atom. The zero-order valence-electron chi connectivity index (χ0n) is 14.1. The zero-order valence-corrected chi connectivity index (χ0v) is 14.1. The van der Waals surface area contributed by atoms with E-state index in [1.54, 1.807) is 13.0 Å². The highest BCUT2D eigenvalue weighted by Gasteiger charge is 2.11. The highest BCUT2D eigenvalue weighted by Crippen LogP contribution is 2.19. The van der Waals surface area contributed by atoms with Crippen molar-refractivity contribution in [3.8, 4) is 5.75 Å². The number of nitrogens with one attached hydrogen (secondary N) is 1. The molecule has 0 aliphatic carbocycles. The van der Waals surface area contributed by atoms with Crippen LogP contribution >= 0.6 is 0 Å². The number of ether oxygens (including phenoxy) is 1. The number of amides is 1. The van der Waals surface area contributed by atoms with Crippen molar-refractivity contribution in [1.82, 2.24) is 4.98 Å². The molecule has 1 aromatic carbocycles. The fourth-order valence-electron chi connectivity index (χ4n) is 2.04. The zero-order chi connectivity index (χ0) is 18.2. The van der Waals surface area contributed by atoms with E-state index in [4.69, 9.17) is 4.74 Å². The molecule has 0 spiro atoms. The van der Waals surface area contributed by atoms with E-state index in [0.29, 0.717) is 12.2 Å². The molecule has 0 atom stereocenters. The van der Waals surface area contributed by atoms with Gasteiger partial charge in [0.2, 0.25) is 5.91 Å². The second-order valence-corrected chi connectivity index (χ2v) is 5.35. The molecule has 1 amide bonds. The molecule has 0 bridgehead atoms. The van der Waals surface area contributed by atoms with Crippen LogP contribution in [0, 0.1) is 17.0 Å². The molecule has 0 saturated heterocycles. The van der Waals surface area contributed by atoms with Gasteiger partial charge in [-0.05, 0) is 43.2 Å². The van der Waals surface area contributed by atoms with Crippen LogP contribution in [-0.2, 0) is 4.79 Å². The van der Waals surface area contributed by atoms with Crippen LogP contribution < -0.4 is 10.1 Å². The number of anilines is 1. The summed E-state index contributed by atoms with van der Waals surface area (Å²) in [5.41, 5.74) is 1.20. The number of nitrogens with zero attached hydrogens (tertiary/aromatic N) is 2. The summed E-state index contributed by atoms with van der Waals surface area (Å²) in [7, 11) is 0. The number of carbonyl (C=O) groups is 1. The molecule has 0 aliphatic rings. The van der Waals surface area contributed by atoms with Gasteiger partial charge in [0.05, 0.1) is 11.5 Å². The molecule has 7 heteroatoms. The number of aromatic nitrogens is 1. The van der Waals surface area contributed by atoms with Crippen molar-refractivity contribution in [1.29, 1.82) is 0 Å². The van der Waals surface area contributed by atoms with Crippen LogP contribution in [0.3, 0.4) is 0 Å². The van der Waals surface area contributed by atoms with Crippen molar-refractivity contribution >= 4 is 23.5 Å². The van der Waals surface area contributed by atoms with Crippen LogP contribution in [0.1, 0.15) is 24.5 Å². The maximum Gasteiger partial charge on any atom is 0.290 e. The maximum absolute atomic E-state index is 11.9. The minimum Gasteiger partial charge on any atom is -0.494 e. The summed E-state index contributed by atoms with van der Waals surface area (Å²) in [5, 5.41) is 13.3. The largest absolute Gasteiger partial charge is 0.494 e. The summed E-state index contributed by atoms with van der Waals surface area (Å²) in [4.78, 5) is 26.0. The standard InChI is InChI=1S/C18H19N3O4/c1-3-10-25-15-7-4-14(5-8-15)6-9-18(22)20-17-11-13(2)16(12-19-17)21(23)24/h4-9,11-12H,3,10H2,1-2H3,(H,19,20,22)/b9-6+. The van der Waals surface area contributed by atoms with Crippen molar-refractivity contribution in [3.63, 3.8) is 0 Å². The topological polar surface area (TPSA) is 94.4 Å². The first kappa shape index (κ1) is 18.1. The molecule has 130 valence electrons. The molecule has 25 heavy (non-hydrogen) atoms. The highest BCUT2D eigenvalue weighted by atomic mass is 16.6. The van der Waals surface area contributed by atoms with E-state index in [-0.39, 0.29) is 17.4 Å². The summed E-state index contributed by atoms with van der Waals surface area (Å²) >= 11 is 0. The summed E-state index contributed by atoms with van der Waals surface area (Å²) in [6.45, 7) is 4.30. The number of nitro groups is 1. The Labute approximate surface area is 145 Å². The number of hydrogen-bond acceptors (Lipinski definition) is 5. The van der Waals surface area contributed by atoms with Gasteiger partial charge in [-0.1, -0.05) is 19.1 Å². The lowest BCUT2D eigenvalue weighted by Gasteiger charge is -2.04.